The average Bonchev–Trinajstić information content (AvgIpc) is 2.70. The van der Waals surface area contributed by atoms with Crippen LogP contribution in [0.15, 0.2) is 17.5 Å². The largest absolute Gasteiger partial charge is 0.360 e. The zero-order chi connectivity index (χ0) is 9.10. The van der Waals surface area contributed by atoms with Crippen LogP contribution in [-0.2, 0) is 0 Å². The van der Waals surface area contributed by atoms with Crippen molar-refractivity contribution in [1.82, 2.24) is 10.2 Å². The fourth-order valence-corrected chi connectivity index (χ4v) is 2.55. The number of anilines is 1. The first kappa shape index (κ1) is 8.65. The minimum absolute atomic E-state index is 0.888. The van der Waals surface area contributed by atoms with Gasteiger partial charge in [-0.3, -0.25) is 0 Å². The van der Waals surface area contributed by atoms with Gasteiger partial charge in [-0.25, -0.2) is 0 Å². The van der Waals surface area contributed by atoms with Crippen LogP contribution in [0.1, 0.15) is 6.92 Å². The van der Waals surface area contributed by atoms with Crippen LogP contribution in [-0.4, -0.2) is 16.7 Å². The molecule has 2 aromatic heterocycles. The normalized spacial score (nSPS) is 10.2. The van der Waals surface area contributed by atoms with Gasteiger partial charge in [0.15, 0.2) is 5.01 Å². The predicted octanol–water partition coefficient (Wildman–Crippen LogP) is 2.70. The van der Waals surface area contributed by atoms with Crippen LogP contribution in [0.4, 0.5) is 5.13 Å². The third kappa shape index (κ3) is 1.87. The van der Waals surface area contributed by atoms with E-state index in [4.69, 9.17) is 0 Å². The number of nitrogens with one attached hydrogen (secondary N) is 1. The first-order valence-corrected chi connectivity index (χ1v) is 5.71. The van der Waals surface area contributed by atoms with E-state index >= 15 is 0 Å². The van der Waals surface area contributed by atoms with Gasteiger partial charge in [-0.1, -0.05) is 17.4 Å². The van der Waals surface area contributed by atoms with E-state index in [1.54, 1.807) is 22.7 Å². The van der Waals surface area contributed by atoms with E-state index < -0.39 is 0 Å². The van der Waals surface area contributed by atoms with Gasteiger partial charge in [0.05, 0.1) is 4.88 Å². The number of thiophene rings is 1. The Morgan fingerprint density at radius 1 is 1.46 bits per heavy atom. The van der Waals surface area contributed by atoms with Crippen molar-refractivity contribution >= 4 is 27.8 Å². The molecule has 0 saturated heterocycles. The number of nitrogens with zero attached hydrogens (tertiary/aromatic N) is 2. The molecule has 0 aliphatic heterocycles. The van der Waals surface area contributed by atoms with Gasteiger partial charge >= 0.3 is 0 Å². The summed E-state index contributed by atoms with van der Waals surface area (Å²) in [6, 6.07) is 4.08. The lowest BCUT2D eigenvalue weighted by Gasteiger charge is -1.91. The molecule has 0 atom stereocenters. The van der Waals surface area contributed by atoms with Gasteiger partial charge in [0.1, 0.15) is 0 Å². The molecule has 0 aliphatic rings. The Kier molecular flexibility index (Phi) is 2.56. The lowest BCUT2D eigenvalue weighted by molar-refractivity contribution is 1.07. The predicted molar refractivity (Wildman–Crippen MR) is 57.4 cm³/mol. The monoisotopic (exact) mass is 211 g/mol. The summed E-state index contributed by atoms with van der Waals surface area (Å²) in [4.78, 5) is 1.18. The Morgan fingerprint density at radius 3 is 3.08 bits per heavy atom. The van der Waals surface area contributed by atoms with E-state index in [0.717, 1.165) is 16.7 Å². The first-order chi connectivity index (χ1) is 6.40. The van der Waals surface area contributed by atoms with Crippen LogP contribution in [0, 0.1) is 0 Å². The summed E-state index contributed by atoms with van der Waals surface area (Å²) in [7, 11) is 0. The maximum Gasteiger partial charge on any atom is 0.206 e. The molecule has 3 nitrogen and oxygen atoms in total. The maximum absolute atomic E-state index is 4.09. The minimum Gasteiger partial charge on any atom is -0.360 e. The van der Waals surface area contributed by atoms with Gasteiger partial charge in [-0.05, 0) is 18.4 Å². The van der Waals surface area contributed by atoms with Gasteiger partial charge in [-0.15, -0.1) is 21.5 Å². The van der Waals surface area contributed by atoms with E-state index in [1.165, 1.54) is 4.88 Å². The number of rotatable bonds is 3. The molecule has 0 bridgehead atoms. The molecule has 0 unspecified atom stereocenters. The van der Waals surface area contributed by atoms with E-state index in [-0.39, 0.29) is 0 Å². The maximum atomic E-state index is 4.09. The summed E-state index contributed by atoms with van der Waals surface area (Å²) < 4.78 is 0. The molecule has 0 aromatic carbocycles. The van der Waals surface area contributed by atoms with Crippen LogP contribution in [0.5, 0.6) is 0 Å². The Bertz CT molecular complexity index is 366. The molecule has 13 heavy (non-hydrogen) atoms. The van der Waals surface area contributed by atoms with Gasteiger partial charge < -0.3 is 5.32 Å². The van der Waals surface area contributed by atoms with E-state index in [9.17, 15) is 0 Å². The summed E-state index contributed by atoms with van der Waals surface area (Å²) in [5.74, 6) is 0. The van der Waals surface area contributed by atoms with Crippen molar-refractivity contribution in [1.29, 1.82) is 0 Å². The standard InChI is InChI=1S/C8H9N3S2/c1-2-9-8-11-10-7(13-8)6-4-3-5-12-6/h3-5H,2H2,1H3,(H,9,11). The molecule has 0 aliphatic carbocycles. The molecule has 68 valence electrons. The van der Waals surface area contributed by atoms with Crippen LogP contribution in [0.2, 0.25) is 0 Å². The molecule has 2 rings (SSSR count). The van der Waals surface area contributed by atoms with Crippen molar-refractivity contribution in [2.45, 2.75) is 6.92 Å². The highest BCUT2D eigenvalue weighted by atomic mass is 32.1. The van der Waals surface area contributed by atoms with Crippen LogP contribution < -0.4 is 5.32 Å². The van der Waals surface area contributed by atoms with Crippen molar-refractivity contribution in [3.05, 3.63) is 17.5 Å². The van der Waals surface area contributed by atoms with Crippen molar-refractivity contribution < 1.29 is 0 Å². The Labute approximate surface area is 84.5 Å². The molecule has 2 heterocycles. The molecular weight excluding hydrogens is 202 g/mol. The molecule has 0 saturated carbocycles. The summed E-state index contributed by atoms with van der Waals surface area (Å²) in [5.41, 5.74) is 0. The van der Waals surface area contributed by atoms with Gasteiger partial charge in [0.2, 0.25) is 5.13 Å². The van der Waals surface area contributed by atoms with Crippen LogP contribution in [0.25, 0.3) is 9.88 Å². The minimum atomic E-state index is 0.888. The molecular formula is C8H9N3S2. The second-order valence-corrected chi connectivity index (χ2v) is 4.35. The topological polar surface area (TPSA) is 37.8 Å². The van der Waals surface area contributed by atoms with E-state index in [1.807, 2.05) is 18.4 Å². The van der Waals surface area contributed by atoms with E-state index in [0.29, 0.717) is 0 Å². The van der Waals surface area contributed by atoms with Crippen LogP contribution in [0.3, 0.4) is 0 Å². The number of hydrogen-bond acceptors (Lipinski definition) is 5. The molecule has 0 radical (unpaired) electrons. The second-order valence-electron chi connectivity index (χ2n) is 2.42. The highest BCUT2D eigenvalue weighted by Crippen LogP contribution is 2.29. The lowest BCUT2D eigenvalue weighted by Crippen LogP contribution is -1.94. The van der Waals surface area contributed by atoms with E-state index in [2.05, 4.69) is 21.6 Å². The highest BCUT2D eigenvalue weighted by molar-refractivity contribution is 7.22. The number of hydrogen-bond donors (Lipinski definition) is 1. The average molecular weight is 211 g/mol. The summed E-state index contributed by atoms with van der Waals surface area (Å²) >= 11 is 3.28. The summed E-state index contributed by atoms with van der Waals surface area (Å²) in [5, 5.41) is 15.2. The van der Waals surface area contributed by atoms with Gasteiger partial charge in [-0.2, -0.15) is 0 Å². The fourth-order valence-electron chi connectivity index (χ4n) is 0.946. The van der Waals surface area contributed by atoms with Crippen LogP contribution >= 0.6 is 22.7 Å². The molecule has 5 heteroatoms. The van der Waals surface area contributed by atoms with Crippen molar-refractivity contribution in [2.24, 2.45) is 0 Å². The third-order valence-corrected chi connectivity index (χ3v) is 3.41. The highest BCUT2D eigenvalue weighted by Gasteiger charge is 2.05. The van der Waals surface area contributed by atoms with Crippen molar-refractivity contribution in [3.8, 4) is 9.88 Å². The first-order valence-electron chi connectivity index (χ1n) is 4.01. The van der Waals surface area contributed by atoms with Gasteiger partial charge in [0, 0.05) is 6.54 Å². The quantitative estimate of drug-likeness (QED) is 0.848. The summed E-state index contributed by atoms with van der Waals surface area (Å²) in [6.45, 7) is 2.94. The smallest absolute Gasteiger partial charge is 0.206 e. The fraction of sp³-hybridized carbons (Fsp3) is 0.250. The third-order valence-electron chi connectivity index (χ3n) is 1.48. The summed E-state index contributed by atoms with van der Waals surface area (Å²) in [6.07, 6.45) is 0. The molecule has 2 aromatic rings. The second kappa shape index (κ2) is 3.85. The Morgan fingerprint density at radius 2 is 2.38 bits per heavy atom. The van der Waals surface area contributed by atoms with Crippen molar-refractivity contribution in [3.63, 3.8) is 0 Å². The lowest BCUT2D eigenvalue weighted by atomic mass is 10.5. The Hall–Kier alpha value is -0.940. The zero-order valence-electron chi connectivity index (χ0n) is 7.15. The molecule has 1 N–H and O–H groups in total. The molecule has 0 fully saturated rings. The van der Waals surface area contributed by atoms with Gasteiger partial charge in [0.25, 0.3) is 0 Å². The Balaban J connectivity index is 2.23. The molecule has 0 spiro atoms. The molecule has 0 amide bonds. The number of aromatic nitrogens is 2. The SMILES string of the molecule is CCNc1nnc(-c2cccs2)s1. The van der Waals surface area contributed by atoms with Crippen molar-refractivity contribution in [2.75, 3.05) is 11.9 Å². The zero-order valence-corrected chi connectivity index (χ0v) is 8.78.